The molecule has 0 saturated carbocycles. The molecule has 0 N–H and O–H groups in total. The first-order valence-corrected chi connectivity index (χ1v) is 2.13. The van der Waals surface area contributed by atoms with E-state index >= 15 is 0 Å². The van der Waals surface area contributed by atoms with E-state index in [1.165, 1.54) is 0 Å². The molecule has 0 aliphatic carbocycles. The van der Waals surface area contributed by atoms with Crippen LogP contribution in [0, 0.1) is 17.8 Å². The zero-order chi connectivity index (χ0) is 4.83. The maximum absolute atomic E-state index is 7.89. The number of hydrogen-bond donors (Lipinski definition) is 0. The summed E-state index contributed by atoms with van der Waals surface area (Å²) in [6.07, 6.45) is 3.62. The topological polar surface area (TPSA) is 23.8 Å². The molecule has 1 nitrogen and oxygen atoms in total. The Morgan fingerprint density at radius 3 is 2.43 bits per heavy atom. The fourth-order valence-corrected chi connectivity index (χ4v) is 0.209. The van der Waals surface area contributed by atoms with E-state index in [-0.39, 0.29) is 18.9 Å². The van der Waals surface area contributed by atoms with Crippen molar-refractivity contribution in [2.24, 2.45) is 0 Å². The molecule has 0 saturated heterocycles. The average molecular weight is 89.1 g/mol. The van der Waals surface area contributed by atoms with Gasteiger partial charge >= 0.3 is 18.9 Å². The third-order valence-corrected chi connectivity index (χ3v) is 0.524. The Balaban J connectivity index is 0. The Hall–Kier alpha value is -0.0426. The monoisotopic (exact) mass is 89.1 g/mol. The summed E-state index contributed by atoms with van der Waals surface area (Å²) >= 11 is 0. The molecule has 0 atom stereocenters. The summed E-state index contributed by atoms with van der Waals surface area (Å²) in [5.41, 5.74) is 0. The van der Waals surface area contributed by atoms with Crippen molar-refractivity contribution < 1.29 is 18.9 Å². The molecular formula is C5H8LiN. The summed E-state index contributed by atoms with van der Waals surface area (Å²) in [5.74, 6) is 0. The van der Waals surface area contributed by atoms with Gasteiger partial charge in [-0.15, -0.1) is 6.07 Å². The van der Waals surface area contributed by atoms with Crippen LogP contribution in [0.4, 0.5) is 0 Å². The van der Waals surface area contributed by atoms with Gasteiger partial charge in [-0.05, 0) is 0 Å². The van der Waals surface area contributed by atoms with E-state index in [0.29, 0.717) is 0 Å². The van der Waals surface area contributed by atoms with E-state index in [1.54, 1.807) is 6.42 Å². The van der Waals surface area contributed by atoms with Gasteiger partial charge < -0.3 is 0 Å². The molecule has 0 spiro atoms. The minimum absolute atomic E-state index is 0. The quantitative estimate of drug-likeness (QED) is 0.230. The number of hydrogen-bond acceptors (Lipinski definition) is 1. The van der Waals surface area contributed by atoms with Crippen LogP contribution in [0.5, 0.6) is 0 Å². The van der Waals surface area contributed by atoms with Crippen molar-refractivity contribution in [2.75, 3.05) is 0 Å². The van der Waals surface area contributed by atoms with Gasteiger partial charge in [-0.3, -0.25) is 6.42 Å². The molecule has 0 fully saturated rings. The first kappa shape index (κ1) is 10.0. The summed E-state index contributed by atoms with van der Waals surface area (Å²) in [5, 5.41) is 7.89. The standard InChI is InChI=1S/C5H8N.Li/c1-2-3-4-5-6;/h4H,2-3H2,1H3;/q-1;+1. The van der Waals surface area contributed by atoms with Gasteiger partial charge in [-0.1, -0.05) is 13.3 Å². The number of nitriles is 1. The van der Waals surface area contributed by atoms with Gasteiger partial charge in [0.05, 0.1) is 0 Å². The second-order valence-corrected chi connectivity index (χ2v) is 1.12. The summed E-state index contributed by atoms with van der Waals surface area (Å²) in [4.78, 5) is 0. The third-order valence-electron chi connectivity index (χ3n) is 0.524. The van der Waals surface area contributed by atoms with E-state index in [2.05, 4.69) is 0 Å². The third kappa shape index (κ3) is 10.7. The molecule has 0 unspecified atom stereocenters. The van der Waals surface area contributed by atoms with Crippen molar-refractivity contribution >= 4 is 0 Å². The predicted octanol–water partition coefficient (Wildman–Crippen LogP) is -1.48. The molecule has 2 heteroatoms. The van der Waals surface area contributed by atoms with Crippen molar-refractivity contribution in [3.8, 4) is 6.07 Å². The van der Waals surface area contributed by atoms with Crippen molar-refractivity contribution in [1.29, 1.82) is 5.26 Å². The molecule has 0 aliphatic heterocycles. The van der Waals surface area contributed by atoms with Gasteiger partial charge in [-0.2, -0.15) is 6.42 Å². The van der Waals surface area contributed by atoms with Crippen LogP contribution in [0.1, 0.15) is 19.8 Å². The van der Waals surface area contributed by atoms with Crippen LogP contribution in [0.3, 0.4) is 0 Å². The maximum Gasteiger partial charge on any atom is 1.00 e. The van der Waals surface area contributed by atoms with Crippen molar-refractivity contribution in [1.82, 2.24) is 0 Å². The van der Waals surface area contributed by atoms with E-state index in [0.717, 1.165) is 12.8 Å². The first-order chi connectivity index (χ1) is 2.91. The number of unbranched alkanes of at least 4 members (excludes halogenated alkanes) is 2. The maximum atomic E-state index is 7.89. The SMILES string of the molecule is CCC[CH-]C#N.[Li+]. The van der Waals surface area contributed by atoms with Crippen LogP contribution in [0.2, 0.25) is 0 Å². The zero-order valence-corrected chi connectivity index (χ0v) is 4.94. The molecule has 0 aromatic carbocycles. The summed E-state index contributed by atoms with van der Waals surface area (Å²) < 4.78 is 0. The normalized spacial score (nSPS) is 5.71. The molecule has 0 bridgehead atoms. The molecule has 0 aliphatic rings. The van der Waals surface area contributed by atoms with Crippen LogP contribution in [-0.4, -0.2) is 0 Å². The van der Waals surface area contributed by atoms with Crippen molar-refractivity contribution in [3.63, 3.8) is 0 Å². The van der Waals surface area contributed by atoms with E-state index in [4.69, 9.17) is 5.26 Å². The predicted molar refractivity (Wildman–Crippen MR) is 24.8 cm³/mol. The second kappa shape index (κ2) is 9.35. The van der Waals surface area contributed by atoms with E-state index in [9.17, 15) is 0 Å². The molecule has 0 radical (unpaired) electrons. The van der Waals surface area contributed by atoms with E-state index < -0.39 is 0 Å². The van der Waals surface area contributed by atoms with Crippen LogP contribution in [0.25, 0.3) is 0 Å². The minimum atomic E-state index is 0. The Morgan fingerprint density at radius 2 is 2.29 bits per heavy atom. The molecule has 0 rings (SSSR count). The van der Waals surface area contributed by atoms with Crippen LogP contribution in [0.15, 0.2) is 0 Å². The fourth-order valence-electron chi connectivity index (χ4n) is 0.209. The molecule has 0 amide bonds. The van der Waals surface area contributed by atoms with Gasteiger partial charge in [0, 0.05) is 0 Å². The number of nitrogens with zero attached hydrogens (tertiary/aromatic N) is 1. The van der Waals surface area contributed by atoms with Crippen molar-refractivity contribution in [2.45, 2.75) is 19.8 Å². The van der Waals surface area contributed by atoms with Crippen LogP contribution < -0.4 is 18.9 Å². The smallest absolute Gasteiger partial charge is 0.291 e. The average Bonchev–Trinajstić information content (AvgIpc) is 1.61. The Kier molecular flexibility index (Phi) is 13.4. The second-order valence-electron chi connectivity index (χ2n) is 1.12. The summed E-state index contributed by atoms with van der Waals surface area (Å²) in [6, 6.07) is 1.94. The Labute approximate surface area is 56.9 Å². The molecule has 0 heterocycles. The van der Waals surface area contributed by atoms with Crippen molar-refractivity contribution in [3.05, 3.63) is 6.42 Å². The molecule has 34 valence electrons. The largest absolute Gasteiger partial charge is 1.00 e. The molecular weight excluding hydrogens is 81.0 g/mol. The van der Waals surface area contributed by atoms with Crippen LogP contribution >= 0.6 is 0 Å². The van der Waals surface area contributed by atoms with E-state index in [1.807, 2.05) is 13.0 Å². The van der Waals surface area contributed by atoms with Gasteiger partial charge in [0.15, 0.2) is 0 Å². The minimum Gasteiger partial charge on any atom is -0.291 e. The number of rotatable bonds is 2. The van der Waals surface area contributed by atoms with Gasteiger partial charge in [0.2, 0.25) is 0 Å². The zero-order valence-electron chi connectivity index (χ0n) is 4.94. The van der Waals surface area contributed by atoms with Gasteiger partial charge in [-0.25, -0.2) is 5.26 Å². The van der Waals surface area contributed by atoms with Crippen LogP contribution in [-0.2, 0) is 0 Å². The Bertz CT molecular complexity index is 55.6. The van der Waals surface area contributed by atoms with Gasteiger partial charge in [0.25, 0.3) is 0 Å². The summed E-state index contributed by atoms with van der Waals surface area (Å²) in [7, 11) is 0. The van der Waals surface area contributed by atoms with Gasteiger partial charge in [0.1, 0.15) is 0 Å². The fraction of sp³-hybridized carbons (Fsp3) is 0.600. The molecule has 0 aromatic heterocycles. The summed E-state index contributed by atoms with van der Waals surface area (Å²) in [6.45, 7) is 2.05. The molecule has 7 heavy (non-hydrogen) atoms. The Morgan fingerprint density at radius 1 is 1.71 bits per heavy atom. The first-order valence-electron chi connectivity index (χ1n) is 2.13. The molecule has 0 aromatic rings.